The molecule has 12 heteroatoms. The first-order valence-electron chi connectivity index (χ1n) is 10.3. The molecule has 4 rings (SSSR count). The number of aromatic nitrogens is 4. The van der Waals surface area contributed by atoms with Crippen LogP contribution in [0.5, 0.6) is 0 Å². The molecular weight excluding hydrogens is 479 g/mol. The molecule has 0 atom stereocenters. The van der Waals surface area contributed by atoms with Crippen LogP contribution < -0.4 is 10.6 Å². The Labute approximate surface area is 202 Å². The Morgan fingerprint density at radius 1 is 1.00 bits per heavy atom. The molecule has 0 spiro atoms. The molecule has 2 aromatic heterocycles. The van der Waals surface area contributed by atoms with Crippen molar-refractivity contribution >= 4 is 35.0 Å². The fourth-order valence-electron chi connectivity index (χ4n) is 3.32. The SMILES string of the molecule is Cc1cc(CNC(=O)c2nc(C(=O)NCc3ccc(F)c(Cl)c3)n3nccc3n2)ccc1C(=O)O. The van der Waals surface area contributed by atoms with E-state index in [0.717, 1.165) is 0 Å². The van der Waals surface area contributed by atoms with Gasteiger partial charge in [0.25, 0.3) is 11.8 Å². The van der Waals surface area contributed by atoms with E-state index in [-0.39, 0.29) is 41.0 Å². The van der Waals surface area contributed by atoms with E-state index in [9.17, 15) is 18.8 Å². The smallest absolute Gasteiger partial charge is 0.335 e. The van der Waals surface area contributed by atoms with Crippen molar-refractivity contribution in [2.24, 2.45) is 0 Å². The molecule has 0 fully saturated rings. The zero-order valence-corrected chi connectivity index (χ0v) is 19.0. The maximum atomic E-state index is 13.4. The summed E-state index contributed by atoms with van der Waals surface area (Å²) in [7, 11) is 0. The highest BCUT2D eigenvalue weighted by Crippen LogP contribution is 2.16. The number of benzene rings is 2. The van der Waals surface area contributed by atoms with Gasteiger partial charge in [0.1, 0.15) is 5.82 Å². The summed E-state index contributed by atoms with van der Waals surface area (Å²) in [5.74, 6) is -3.27. The highest BCUT2D eigenvalue weighted by atomic mass is 35.5. The lowest BCUT2D eigenvalue weighted by Crippen LogP contribution is -2.30. The number of nitrogens with zero attached hydrogens (tertiary/aromatic N) is 4. The van der Waals surface area contributed by atoms with Crippen molar-refractivity contribution in [3.05, 3.63) is 93.4 Å². The highest BCUT2D eigenvalue weighted by Gasteiger charge is 2.19. The summed E-state index contributed by atoms with van der Waals surface area (Å²) in [5, 5.41) is 18.4. The molecule has 35 heavy (non-hydrogen) atoms. The van der Waals surface area contributed by atoms with E-state index in [1.54, 1.807) is 19.1 Å². The van der Waals surface area contributed by atoms with E-state index in [4.69, 9.17) is 16.7 Å². The van der Waals surface area contributed by atoms with Gasteiger partial charge in [-0.25, -0.2) is 14.2 Å². The average Bonchev–Trinajstić information content (AvgIpc) is 3.31. The lowest BCUT2D eigenvalue weighted by molar-refractivity contribution is 0.0695. The quantitative estimate of drug-likeness (QED) is 0.357. The molecule has 10 nitrogen and oxygen atoms in total. The molecule has 2 aromatic carbocycles. The second-order valence-corrected chi connectivity index (χ2v) is 7.95. The molecule has 0 unspecified atom stereocenters. The number of aromatic carboxylic acids is 1. The van der Waals surface area contributed by atoms with Gasteiger partial charge in [0.2, 0.25) is 11.6 Å². The third-order valence-electron chi connectivity index (χ3n) is 5.07. The van der Waals surface area contributed by atoms with Crippen molar-refractivity contribution in [1.82, 2.24) is 30.2 Å². The number of nitrogens with one attached hydrogen (secondary N) is 2. The van der Waals surface area contributed by atoms with Gasteiger partial charge >= 0.3 is 5.97 Å². The summed E-state index contributed by atoms with van der Waals surface area (Å²) in [5.41, 5.74) is 2.22. The van der Waals surface area contributed by atoms with Gasteiger partial charge in [-0.3, -0.25) is 9.59 Å². The molecule has 2 amide bonds. The van der Waals surface area contributed by atoms with Crippen LogP contribution in [-0.2, 0) is 13.1 Å². The van der Waals surface area contributed by atoms with Crippen molar-refractivity contribution < 1.29 is 23.9 Å². The molecule has 0 aliphatic carbocycles. The number of rotatable bonds is 7. The van der Waals surface area contributed by atoms with Crippen LogP contribution in [0, 0.1) is 12.7 Å². The summed E-state index contributed by atoms with van der Waals surface area (Å²) < 4.78 is 14.5. The van der Waals surface area contributed by atoms with Crippen LogP contribution in [0.3, 0.4) is 0 Å². The van der Waals surface area contributed by atoms with Crippen molar-refractivity contribution in [2.75, 3.05) is 0 Å². The molecule has 4 aromatic rings. The lowest BCUT2D eigenvalue weighted by atomic mass is 10.1. The number of halogens is 2. The van der Waals surface area contributed by atoms with E-state index in [0.29, 0.717) is 16.7 Å². The van der Waals surface area contributed by atoms with Crippen LogP contribution in [0.15, 0.2) is 48.7 Å². The molecule has 0 bridgehead atoms. The van der Waals surface area contributed by atoms with Gasteiger partial charge in [0.05, 0.1) is 16.8 Å². The first kappa shape index (κ1) is 23.8. The summed E-state index contributed by atoms with van der Waals surface area (Å²) >= 11 is 5.78. The number of amides is 2. The standard InChI is InChI=1S/C23H18ClFN6O4/c1-12-8-13(2-4-15(12)23(34)35)10-26-21(32)19-29-18-6-7-28-31(18)20(30-19)22(33)27-11-14-3-5-17(25)16(24)9-14/h2-9H,10-11H2,1H3,(H,26,32)(H,27,33)(H,34,35). The van der Waals surface area contributed by atoms with Crippen LogP contribution in [0.4, 0.5) is 4.39 Å². The first-order chi connectivity index (χ1) is 16.7. The van der Waals surface area contributed by atoms with Crippen LogP contribution in [0.2, 0.25) is 5.02 Å². The fraction of sp³-hybridized carbons (Fsp3) is 0.130. The van der Waals surface area contributed by atoms with Crippen LogP contribution in [-0.4, -0.2) is 42.5 Å². The monoisotopic (exact) mass is 496 g/mol. The summed E-state index contributed by atoms with van der Waals surface area (Å²) in [6.07, 6.45) is 1.41. The Morgan fingerprint density at radius 2 is 1.69 bits per heavy atom. The van der Waals surface area contributed by atoms with E-state index >= 15 is 0 Å². The number of fused-ring (bicyclic) bond motifs is 1. The number of aryl methyl sites for hydroxylation is 1. The van der Waals surface area contributed by atoms with Crippen molar-refractivity contribution in [3.63, 3.8) is 0 Å². The van der Waals surface area contributed by atoms with Gasteiger partial charge in [-0.1, -0.05) is 29.8 Å². The van der Waals surface area contributed by atoms with Gasteiger partial charge in [-0.2, -0.15) is 14.6 Å². The number of carbonyl (C=O) groups is 3. The van der Waals surface area contributed by atoms with E-state index in [1.165, 1.54) is 41.0 Å². The normalized spacial score (nSPS) is 10.8. The molecule has 0 aliphatic rings. The largest absolute Gasteiger partial charge is 0.478 e. The molecule has 0 aliphatic heterocycles. The maximum Gasteiger partial charge on any atom is 0.335 e. The number of carboxylic acid groups (broad SMARTS) is 1. The van der Waals surface area contributed by atoms with Crippen LogP contribution in [0.25, 0.3) is 5.65 Å². The minimum Gasteiger partial charge on any atom is -0.478 e. The fourth-order valence-corrected chi connectivity index (χ4v) is 3.53. The maximum absolute atomic E-state index is 13.4. The third-order valence-corrected chi connectivity index (χ3v) is 5.36. The molecule has 0 saturated heterocycles. The zero-order valence-electron chi connectivity index (χ0n) is 18.2. The second kappa shape index (κ2) is 9.85. The average molecular weight is 497 g/mol. The summed E-state index contributed by atoms with van der Waals surface area (Å²) in [6.45, 7) is 1.80. The summed E-state index contributed by atoms with van der Waals surface area (Å²) in [4.78, 5) is 44.9. The van der Waals surface area contributed by atoms with Crippen molar-refractivity contribution in [3.8, 4) is 0 Å². The minimum atomic E-state index is -1.03. The molecule has 178 valence electrons. The topological polar surface area (TPSA) is 139 Å². The molecule has 0 radical (unpaired) electrons. The Morgan fingerprint density at radius 3 is 2.37 bits per heavy atom. The van der Waals surface area contributed by atoms with Gasteiger partial charge < -0.3 is 15.7 Å². The first-order valence-corrected chi connectivity index (χ1v) is 10.7. The van der Waals surface area contributed by atoms with Crippen molar-refractivity contribution in [2.45, 2.75) is 20.0 Å². The molecular formula is C23H18ClFN6O4. The van der Waals surface area contributed by atoms with Gasteiger partial charge in [-0.05, 0) is 41.8 Å². The van der Waals surface area contributed by atoms with E-state index < -0.39 is 23.6 Å². The predicted octanol–water partition coefficient (Wildman–Crippen LogP) is 2.78. The predicted molar refractivity (Wildman–Crippen MR) is 123 cm³/mol. The number of carboxylic acids is 1. The highest BCUT2D eigenvalue weighted by molar-refractivity contribution is 6.30. The second-order valence-electron chi connectivity index (χ2n) is 7.54. The number of hydrogen-bond donors (Lipinski definition) is 3. The van der Waals surface area contributed by atoms with E-state index in [2.05, 4.69) is 25.7 Å². The zero-order chi connectivity index (χ0) is 25.1. The lowest BCUT2D eigenvalue weighted by Gasteiger charge is -2.10. The van der Waals surface area contributed by atoms with Crippen LogP contribution in [0.1, 0.15) is 48.3 Å². The van der Waals surface area contributed by atoms with Gasteiger partial charge in [0.15, 0.2) is 5.65 Å². The third kappa shape index (κ3) is 5.25. The number of hydrogen-bond acceptors (Lipinski definition) is 6. The van der Waals surface area contributed by atoms with Gasteiger partial charge in [0, 0.05) is 19.2 Å². The van der Waals surface area contributed by atoms with Crippen molar-refractivity contribution in [1.29, 1.82) is 0 Å². The number of carbonyl (C=O) groups excluding carboxylic acids is 2. The Kier molecular flexibility index (Phi) is 6.69. The Balaban J connectivity index is 1.50. The Hall–Kier alpha value is -4.38. The minimum absolute atomic E-state index is 0.0405. The Bertz CT molecular complexity index is 1470. The molecule has 3 N–H and O–H groups in total. The molecule has 2 heterocycles. The van der Waals surface area contributed by atoms with Gasteiger partial charge in [-0.15, -0.1) is 0 Å². The van der Waals surface area contributed by atoms with Crippen LogP contribution >= 0.6 is 11.6 Å². The molecule has 0 saturated carbocycles. The summed E-state index contributed by atoms with van der Waals surface area (Å²) in [6, 6.07) is 10.3. The van der Waals surface area contributed by atoms with E-state index in [1.807, 2.05) is 0 Å².